The number of aromatic nitrogens is 2. The van der Waals surface area contributed by atoms with Gasteiger partial charge in [-0.1, -0.05) is 36.4 Å². The number of carbonyl (C=O) groups is 2. The molecular weight excluding hydrogens is 460 g/mol. The first-order valence-electron chi connectivity index (χ1n) is 12.0. The molecule has 1 saturated heterocycles. The molecule has 6 rings (SSSR count). The van der Waals surface area contributed by atoms with Crippen molar-refractivity contribution in [1.82, 2.24) is 14.9 Å². The van der Waals surface area contributed by atoms with Crippen molar-refractivity contribution in [2.75, 3.05) is 19.8 Å². The second-order valence-electron chi connectivity index (χ2n) is 9.08. The van der Waals surface area contributed by atoms with Crippen LogP contribution in [0.15, 0.2) is 54.7 Å². The molecule has 3 atom stereocenters. The Balaban J connectivity index is 0.000000174. The predicted molar refractivity (Wildman–Crippen MR) is 132 cm³/mol. The number of carboxylic acids is 1. The summed E-state index contributed by atoms with van der Waals surface area (Å²) < 4.78 is 10.4. The average Bonchev–Trinajstić information content (AvgIpc) is 3.58. The molecule has 9 nitrogen and oxygen atoms in total. The van der Waals surface area contributed by atoms with Crippen LogP contribution >= 0.6 is 0 Å². The van der Waals surface area contributed by atoms with Gasteiger partial charge in [0.1, 0.15) is 24.6 Å². The van der Waals surface area contributed by atoms with Gasteiger partial charge in [0.15, 0.2) is 11.5 Å². The first-order chi connectivity index (χ1) is 17.5. The third kappa shape index (κ3) is 4.61. The van der Waals surface area contributed by atoms with Crippen LogP contribution in [0.4, 0.5) is 0 Å². The van der Waals surface area contributed by atoms with Gasteiger partial charge in [-0.2, -0.15) is 0 Å². The number of hydrogen-bond donors (Lipinski definition) is 2. The number of benzene rings is 2. The van der Waals surface area contributed by atoms with E-state index in [1.165, 1.54) is 6.07 Å². The molecule has 0 unspecified atom stereocenters. The van der Waals surface area contributed by atoms with Crippen molar-refractivity contribution in [3.8, 4) is 22.8 Å². The van der Waals surface area contributed by atoms with Crippen molar-refractivity contribution in [2.45, 2.75) is 31.8 Å². The van der Waals surface area contributed by atoms with Crippen molar-refractivity contribution in [3.63, 3.8) is 0 Å². The minimum Gasteiger partial charge on any atom is -0.486 e. The van der Waals surface area contributed by atoms with Gasteiger partial charge >= 0.3 is 5.97 Å². The van der Waals surface area contributed by atoms with E-state index in [9.17, 15) is 9.59 Å². The van der Waals surface area contributed by atoms with Crippen LogP contribution in [0, 0.1) is 12.8 Å². The number of aryl methyl sites for hydroxylation is 1. The van der Waals surface area contributed by atoms with Gasteiger partial charge in [-0.25, -0.2) is 14.8 Å². The van der Waals surface area contributed by atoms with Gasteiger partial charge in [-0.3, -0.25) is 4.79 Å². The van der Waals surface area contributed by atoms with Crippen molar-refractivity contribution in [1.29, 1.82) is 0 Å². The van der Waals surface area contributed by atoms with Gasteiger partial charge in [-0.15, -0.1) is 0 Å². The minimum absolute atomic E-state index is 0.0179. The third-order valence-corrected chi connectivity index (χ3v) is 6.70. The molecule has 186 valence electrons. The highest BCUT2D eigenvalue weighted by Crippen LogP contribution is 2.48. The van der Waals surface area contributed by atoms with Crippen molar-refractivity contribution >= 4 is 11.9 Å². The third-order valence-electron chi connectivity index (χ3n) is 6.70. The molecule has 0 radical (unpaired) electrons. The maximum Gasteiger partial charge on any atom is 0.339 e. The molecule has 2 aromatic carbocycles. The number of nitrogens with zero attached hydrogens (tertiary/aromatic N) is 3. The lowest BCUT2D eigenvalue weighted by atomic mass is 10.1. The molecule has 36 heavy (non-hydrogen) atoms. The monoisotopic (exact) mass is 488 g/mol. The number of carbonyl (C=O) groups excluding carboxylic acids is 1. The van der Waals surface area contributed by atoms with Crippen LogP contribution in [0.5, 0.6) is 11.5 Å². The number of nitrogens with two attached hydrogens (primary N) is 1. The van der Waals surface area contributed by atoms with Crippen LogP contribution in [0.2, 0.25) is 0 Å². The van der Waals surface area contributed by atoms with Crippen LogP contribution in [-0.4, -0.2) is 63.7 Å². The van der Waals surface area contributed by atoms with Crippen LogP contribution < -0.4 is 15.2 Å². The Morgan fingerprint density at radius 1 is 1.06 bits per heavy atom. The van der Waals surface area contributed by atoms with Crippen LogP contribution in [0.25, 0.3) is 11.3 Å². The molecule has 2 aliphatic heterocycles. The first-order valence-corrected chi connectivity index (χ1v) is 12.0. The van der Waals surface area contributed by atoms with Crippen LogP contribution in [0.3, 0.4) is 0 Å². The number of rotatable bonds is 4. The van der Waals surface area contributed by atoms with E-state index in [0.29, 0.717) is 60.3 Å². The maximum atomic E-state index is 13.1. The van der Waals surface area contributed by atoms with E-state index in [1.54, 1.807) is 18.3 Å². The van der Waals surface area contributed by atoms with Crippen LogP contribution in [0.1, 0.15) is 39.4 Å². The summed E-state index contributed by atoms with van der Waals surface area (Å²) in [5, 5.41) is 8.81. The number of likely N-dealkylation sites (tertiary alicyclic amines) is 1. The molecule has 3 aromatic rings. The molecule has 3 aliphatic rings. The fourth-order valence-corrected chi connectivity index (χ4v) is 4.91. The number of para-hydroxylation sites is 1. The maximum absolute atomic E-state index is 13.1. The fraction of sp³-hybridized carbons (Fsp3) is 0.333. The molecule has 1 amide bonds. The summed E-state index contributed by atoms with van der Waals surface area (Å²) in [6, 6.07) is 15.2. The second-order valence-corrected chi connectivity index (χ2v) is 9.08. The summed E-state index contributed by atoms with van der Waals surface area (Å²) in [6.07, 6.45) is 3.80. The lowest BCUT2D eigenvalue weighted by molar-refractivity contribution is 0.0682. The number of ether oxygens (including phenoxy) is 2. The highest BCUT2D eigenvalue weighted by atomic mass is 16.6. The van der Waals surface area contributed by atoms with E-state index in [0.717, 1.165) is 18.4 Å². The van der Waals surface area contributed by atoms with E-state index >= 15 is 0 Å². The van der Waals surface area contributed by atoms with E-state index in [4.69, 9.17) is 20.3 Å². The van der Waals surface area contributed by atoms with Gasteiger partial charge in [-0.05, 0) is 37.8 Å². The molecule has 3 N–H and O–H groups in total. The number of hydrogen-bond acceptors (Lipinski definition) is 7. The number of carboxylic acid groups (broad SMARTS) is 1. The minimum atomic E-state index is -0.998. The summed E-state index contributed by atoms with van der Waals surface area (Å²) >= 11 is 0. The Bertz CT molecular complexity index is 1280. The number of fused-ring (bicyclic) bond motifs is 2. The summed E-state index contributed by atoms with van der Waals surface area (Å²) in [4.78, 5) is 34.7. The lowest BCUT2D eigenvalue weighted by Gasteiger charge is -2.27. The fourth-order valence-electron chi connectivity index (χ4n) is 4.91. The van der Waals surface area contributed by atoms with Crippen molar-refractivity contribution in [3.05, 3.63) is 71.7 Å². The van der Waals surface area contributed by atoms with Gasteiger partial charge in [0.2, 0.25) is 0 Å². The predicted octanol–water partition coefficient (Wildman–Crippen LogP) is 3.17. The molecular formula is C27H28N4O5. The Morgan fingerprint density at radius 3 is 2.58 bits per heavy atom. The van der Waals surface area contributed by atoms with E-state index in [-0.39, 0.29) is 17.5 Å². The first kappa shape index (κ1) is 23.7. The quantitative estimate of drug-likeness (QED) is 0.573. The van der Waals surface area contributed by atoms with E-state index in [2.05, 4.69) is 9.97 Å². The zero-order valence-corrected chi connectivity index (χ0v) is 20.0. The summed E-state index contributed by atoms with van der Waals surface area (Å²) in [7, 11) is 0. The molecule has 9 heteroatoms. The topological polar surface area (TPSA) is 128 Å². The van der Waals surface area contributed by atoms with Crippen molar-refractivity contribution in [2.24, 2.45) is 11.7 Å². The second kappa shape index (κ2) is 9.94. The van der Waals surface area contributed by atoms with E-state index in [1.807, 2.05) is 42.2 Å². The van der Waals surface area contributed by atoms with Gasteiger partial charge in [0.25, 0.3) is 5.91 Å². The summed E-state index contributed by atoms with van der Waals surface area (Å²) in [5.74, 6) is 1.17. The van der Waals surface area contributed by atoms with Gasteiger partial charge in [0, 0.05) is 30.4 Å². The molecule has 0 bridgehead atoms. The SMILES string of the molecule is Cc1ncc(C(=O)N2[C@H](CN)C[C@@H]3C[C@@H]32)c(-c2ccccc2)n1.O=C(O)c1cccc2c1OCCO2. The zero-order chi connectivity index (χ0) is 25.2. The van der Waals surface area contributed by atoms with Gasteiger partial charge < -0.3 is 25.2 Å². The van der Waals surface area contributed by atoms with Crippen LogP contribution in [-0.2, 0) is 0 Å². The molecule has 2 fully saturated rings. The smallest absolute Gasteiger partial charge is 0.339 e. The number of piperidine rings is 1. The highest BCUT2D eigenvalue weighted by molar-refractivity contribution is 6.00. The normalized spacial score (nSPS) is 21.2. The highest BCUT2D eigenvalue weighted by Gasteiger charge is 2.53. The molecule has 1 aliphatic carbocycles. The van der Waals surface area contributed by atoms with E-state index < -0.39 is 5.97 Å². The standard InChI is InChI=1S/C18H20N4O.C9H8O4/c1-11-20-10-15(17(21-11)12-5-3-2-4-6-12)18(23)22-14(9-19)7-13-8-16(13)22;10-9(11)6-2-1-3-7-8(6)13-5-4-12-7/h2-6,10,13-14,16H,7-9,19H2,1H3;1-3H,4-5H2,(H,10,11)/t13-,14+,16+;/m1./s1. The van der Waals surface area contributed by atoms with Crippen molar-refractivity contribution < 1.29 is 24.2 Å². The Morgan fingerprint density at radius 2 is 1.83 bits per heavy atom. The number of amides is 1. The molecule has 1 saturated carbocycles. The average molecular weight is 489 g/mol. The Hall–Kier alpha value is -3.98. The summed E-state index contributed by atoms with van der Waals surface area (Å²) in [5.41, 5.74) is 8.25. The largest absolute Gasteiger partial charge is 0.486 e. The molecule has 1 aromatic heterocycles. The lowest BCUT2D eigenvalue weighted by Crippen LogP contribution is -2.42. The summed E-state index contributed by atoms with van der Waals surface area (Å²) in [6.45, 7) is 3.23. The molecule has 0 spiro atoms. The Labute approximate surface area is 208 Å². The zero-order valence-electron chi connectivity index (χ0n) is 20.0. The van der Waals surface area contributed by atoms with Gasteiger partial charge in [0.05, 0.1) is 11.3 Å². The molecule has 3 heterocycles. The number of aromatic carboxylic acids is 1. The Kier molecular flexibility index (Phi) is 6.56.